The van der Waals surface area contributed by atoms with Crippen molar-refractivity contribution in [3.8, 4) is 5.75 Å². The van der Waals surface area contributed by atoms with Crippen LogP contribution in [0.2, 0.25) is 0 Å². The topological polar surface area (TPSA) is 93.7 Å². The van der Waals surface area contributed by atoms with Gasteiger partial charge in [0.25, 0.3) is 5.91 Å². The van der Waals surface area contributed by atoms with Crippen LogP contribution in [0.4, 0.5) is 5.69 Å². The van der Waals surface area contributed by atoms with Crippen LogP contribution in [-0.4, -0.2) is 30.9 Å². The number of methoxy groups -OCH3 is 1. The Morgan fingerprint density at radius 3 is 2.12 bits per heavy atom. The predicted octanol–water partition coefficient (Wildman–Crippen LogP) is 3.74. The predicted molar refractivity (Wildman–Crippen MR) is 125 cm³/mol. The van der Waals surface area contributed by atoms with Gasteiger partial charge in [-0.3, -0.25) is 9.59 Å². The number of ether oxygens (including phenoxy) is 2. The van der Waals surface area contributed by atoms with E-state index in [1.165, 1.54) is 14.0 Å². The monoisotopic (exact) mass is 446 g/mol. The zero-order chi connectivity index (χ0) is 23.6. The van der Waals surface area contributed by atoms with E-state index in [1.807, 2.05) is 54.6 Å². The molecule has 0 aliphatic heterocycles. The van der Waals surface area contributed by atoms with Crippen LogP contribution in [0.3, 0.4) is 0 Å². The second-order valence-electron chi connectivity index (χ2n) is 7.43. The summed E-state index contributed by atoms with van der Waals surface area (Å²) in [6.07, 6.45) is 0.265. The molecule has 0 radical (unpaired) electrons. The SMILES string of the molecule is COC(=O)[C@@H](Cc1ccc(OCc2ccccc2)cc1)NC(=O)c1ccc(NC(C)=O)cc1. The summed E-state index contributed by atoms with van der Waals surface area (Å²) in [7, 11) is 1.28. The summed E-state index contributed by atoms with van der Waals surface area (Å²) in [5.41, 5.74) is 2.86. The maximum absolute atomic E-state index is 12.6. The maximum Gasteiger partial charge on any atom is 0.328 e. The Kier molecular flexibility index (Phi) is 8.18. The highest BCUT2D eigenvalue weighted by Gasteiger charge is 2.22. The van der Waals surface area contributed by atoms with Gasteiger partial charge in [0.15, 0.2) is 0 Å². The third kappa shape index (κ3) is 7.21. The first-order valence-corrected chi connectivity index (χ1v) is 10.5. The lowest BCUT2D eigenvalue weighted by Gasteiger charge is -2.17. The van der Waals surface area contributed by atoms with Crippen molar-refractivity contribution < 1.29 is 23.9 Å². The Morgan fingerprint density at radius 1 is 0.848 bits per heavy atom. The number of benzene rings is 3. The molecule has 0 aliphatic rings. The van der Waals surface area contributed by atoms with E-state index in [1.54, 1.807) is 24.3 Å². The summed E-state index contributed by atoms with van der Waals surface area (Å²) in [5.74, 6) is -0.444. The largest absolute Gasteiger partial charge is 0.489 e. The molecule has 33 heavy (non-hydrogen) atoms. The van der Waals surface area contributed by atoms with Gasteiger partial charge in [-0.1, -0.05) is 42.5 Å². The van der Waals surface area contributed by atoms with Crippen LogP contribution in [-0.2, 0) is 27.4 Å². The van der Waals surface area contributed by atoms with Crippen molar-refractivity contribution in [2.75, 3.05) is 12.4 Å². The van der Waals surface area contributed by atoms with Gasteiger partial charge in [0.05, 0.1) is 7.11 Å². The van der Waals surface area contributed by atoms with Crippen molar-refractivity contribution >= 4 is 23.5 Å². The molecule has 0 heterocycles. The second-order valence-corrected chi connectivity index (χ2v) is 7.43. The molecule has 0 saturated carbocycles. The first-order valence-electron chi connectivity index (χ1n) is 10.5. The van der Waals surface area contributed by atoms with Crippen LogP contribution in [0.15, 0.2) is 78.9 Å². The molecule has 0 saturated heterocycles. The lowest BCUT2D eigenvalue weighted by atomic mass is 10.0. The Morgan fingerprint density at radius 2 is 1.52 bits per heavy atom. The van der Waals surface area contributed by atoms with Gasteiger partial charge in [0.1, 0.15) is 18.4 Å². The van der Waals surface area contributed by atoms with E-state index in [4.69, 9.17) is 9.47 Å². The molecule has 1 atom stereocenters. The summed E-state index contributed by atoms with van der Waals surface area (Å²) in [6, 6.07) is 22.8. The smallest absolute Gasteiger partial charge is 0.328 e. The van der Waals surface area contributed by atoms with Crippen molar-refractivity contribution in [3.05, 3.63) is 95.6 Å². The standard InChI is InChI=1S/C26H26N2O5/c1-18(29)27-22-12-10-21(11-13-22)25(30)28-24(26(31)32-2)16-19-8-14-23(15-9-19)33-17-20-6-4-3-5-7-20/h3-15,24H,16-17H2,1-2H3,(H,27,29)(H,28,30)/t24-/m1/s1. The van der Waals surface area contributed by atoms with Gasteiger partial charge in [-0.15, -0.1) is 0 Å². The Balaban J connectivity index is 1.61. The minimum atomic E-state index is -0.853. The number of carbonyl (C=O) groups excluding carboxylic acids is 3. The molecular weight excluding hydrogens is 420 g/mol. The van der Waals surface area contributed by atoms with E-state index >= 15 is 0 Å². The number of nitrogens with one attached hydrogen (secondary N) is 2. The van der Waals surface area contributed by atoms with Crippen molar-refractivity contribution in [1.82, 2.24) is 5.32 Å². The zero-order valence-electron chi connectivity index (χ0n) is 18.5. The van der Waals surface area contributed by atoms with Crippen molar-refractivity contribution in [2.24, 2.45) is 0 Å². The average Bonchev–Trinajstić information content (AvgIpc) is 2.83. The summed E-state index contributed by atoms with van der Waals surface area (Å²) in [4.78, 5) is 36.1. The van der Waals surface area contributed by atoms with E-state index in [0.717, 1.165) is 11.1 Å². The number of anilines is 1. The molecular formula is C26H26N2O5. The molecule has 3 aromatic carbocycles. The lowest BCUT2D eigenvalue weighted by molar-refractivity contribution is -0.142. The number of hydrogen-bond acceptors (Lipinski definition) is 5. The number of carbonyl (C=O) groups is 3. The second kappa shape index (κ2) is 11.5. The van der Waals surface area contributed by atoms with E-state index in [-0.39, 0.29) is 12.3 Å². The van der Waals surface area contributed by atoms with Crippen molar-refractivity contribution in [2.45, 2.75) is 26.0 Å². The van der Waals surface area contributed by atoms with Crippen LogP contribution < -0.4 is 15.4 Å². The molecule has 7 nitrogen and oxygen atoms in total. The van der Waals surface area contributed by atoms with Gasteiger partial charge in [-0.2, -0.15) is 0 Å². The van der Waals surface area contributed by atoms with Crippen LogP contribution in [0, 0.1) is 0 Å². The van der Waals surface area contributed by atoms with Crippen LogP contribution >= 0.6 is 0 Å². The van der Waals surface area contributed by atoms with Crippen LogP contribution in [0.25, 0.3) is 0 Å². The quantitative estimate of drug-likeness (QED) is 0.489. The van der Waals surface area contributed by atoms with Crippen molar-refractivity contribution in [3.63, 3.8) is 0 Å². The number of esters is 1. The molecule has 170 valence electrons. The molecule has 2 amide bonds. The Labute approximate surface area is 192 Å². The van der Waals surface area contributed by atoms with Gasteiger partial charge in [-0.05, 0) is 47.5 Å². The first kappa shape index (κ1) is 23.5. The molecule has 0 fully saturated rings. The summed E-state index contributed by atoms with van der Waals surface area (Å²) in [6.45, 7) is 1.87. The molecule has 7 heteroatoms. The van der Waals surface area contributed by atoms with E-state index in [0.29, 0.717) is 23.6 Å². The van der Waals surface area contributed by atoms with Gasteiger partial charge >= 0.3 is 5.97 Å². The third-order valence-electron chi connectivity index (χ3n) is 4.87. The summed E-state index contributed by atoms with van der Waals surface area (Å²) in [5, 5.41) is 5.36. The molecule has 3 aromatic rings. The highest BCUT2D eigenvalue weighted by Crippen LogP contribution is 2.16. The average molecular weight is 447 g/mol. The fourth-order valence-corrected chi connectivity index (χ4v) is 3.18. The van der Waals surface area contributed by atoms with Crippen LogP contribution in [0.5, 0.6) is 5.75 Å². The molecule has 0 bridgehead atoms. The van der Waals surface area contributed by atoms with E-state index < -0.39 is 17.9 Å². The Hall–Kier alpha value is -4.13. The molecule has 0 aromatic heterocycles. The molecule has 0 spiro atoms. The summed E-state index contributed by atoms with van der Waals surface area (Å²) >= 11 is 0. The minimum absolute atomic E-state index is 0.200. The molecule has 0 aliphatic carbocycles. The van der Waals surface area contributed by atoms with E-state index in [9.17, 15) is 14.4 Å². The highest BCUT2D eigenvalue weighted by molar-refractivity contribution is 5.97. The van der Waals surface area contributed by atoms with Gasteiger partial charge < -0.3 is 20.1 Å². The van der Waals surface area contributed by atoms with Gasteiger partial charge in [0.2, 0.25) is 5.91 Å². The first-order chi connectivity index (χ1) is 15.9. The minimum Gasteiger partial charge on any atom is -0.489 e. The zero-order valence-corrected chi connectivity index (χ0v) is 18.5. The Bertz CT molecular complexity index is 1080. The molecule has 3 rings (SSSR count). The van der Waals surface area contributed by atoms with Gasteiger partial charge in [0, 0.05) is 24.6 Å². The fourth-order valence-electron chi connectivity index (χ4n) is 3.18. The molecule has 0 unspecified atom stereocenters. The third-order valence-corrected chi connectivity index (χ3v) is 4.87. The lowest BCUT2D eigenvalue weighted by Crippen LogP contribution is -2.43. The normalized spacial score (nSPS) is 11.2. The van der Waals surface area contributed by atoms with Crippen molar-refractivity contribution in [1.29, 1.82) is 0 Å². The maximum atomic E-state index is 12.6. The fraction of sp³-hybridized carbons (Fsp3) is 0.192. The van der Waals surface area contributed by atoms with Gasteiger partial charge in [-0.25, -0.2) is 4.79 Å². The summed E-state index contributed by atoms with van der Waals surface area (Å²) < 4.78 is 10.7. The number of rotatable bonds is 9. The number of amides is 2. The molecule has 2 N–H and O–H groups in total. The van der Waals surface area contributed by atoms with Crippen LogP contribution in [0.1, 0.15) is 28.4 Å². The number of hydrogen-bond donors (Lipinski definition) is 2. The highest BCUT2D eigenvalue weighted by atomic mass is 16.5. The van der Waals surface area contributed by atoms with E-state index in [2.05, 4.69) is 10.6 Å².